The molecule has 0 fully saturated rings. The van der Waals surface area contributed by atoms with Gasteiger partial charge in [0, 0.05) is 0 Å². The Kier molecular flexibility index (Phi) is 4.91. The van der Waals surface area contributed by atoms with Crippen molar-refractivity contribution in [3.8, 4) is 11.5 Å². The fraction of sp³-hybridized carbons (Fsp3) is 0.625. The van der Waals surface area contributed by atoms with Crippen molar-refractivity contribution in [2.45, 2.75) is 46.0 Å². The van der Waals surface area contributed by atoms with E-state index in [1.165, 1.54) is 31.2 Å². The molecule has 0 radical (unpaired) electrons. The van der Waals surface area contributed by atoms with Crippen molar-refractivity contribution >= 4 is 0 Å². The molecule has 1 atom stereocenters. The quantitative estimate of drug-likeness (QED) is 0.750. The molecule has 0 aromatic heterocycles. The second-order valence-electron chi connectivity index (χ2n) is 5.08. The van der Waals surface area contributed by atoms with Crippen LogP contribution >= 0.6 is 0 Å². The van der Waals surface area contributed by atoms with E-state index in [0.717, 1.165) is 23.8 Å². The van der Waals surface area contributed by atoms with Crippen LogP contribution in [0.5, 0.6) is 11.5 Å². The summed E-state index contributed by atoms with van der Waals surface area (Å²) in [6.45, 7) is 5.90. The van der Waals surface area contributed by atoms with Crippen LogP contribution in [0.15, 0.2) is 18.2 Å². The average Bonchev–Trinajstić information content (AvgIpc) is 2.43. The molecule has 2 nitrogen and oxygen atoms in total. The van der Waals surface area contributed by atoms with Gasteiger partial charge in [0.25, 0.3) is 0 Å². The summed E-state index contributed by atoms with van der Waals surface area (Å²) in [5.74, 6) is 2.68. The Hall–Kier alpha value is -1.18. The van der Waals surface area contributed by atoms with Gasteiger partial charge in [0.2, 0.25) is 0 Å². The van der Waals surface area contributed by atoms with E-state index < -0.39 is 0 Å². The van der Waals surface area contributed by atoms with Crippen molar-refractivity contribution in [3.63, 3.8) is 0 Å². The maximum atomic E-state index is 5.62. The highest BCUT2D eigenvalue weighted by Crippen LogP contribution is 2.31. The highest BCUT2D eigenvalue weighted by molar-refractivity contribution is 5.43. The van der Waals surface area contributed by atoms with Gasteiger partial charge in [-0.1, -0.05) is 39.2 Å². The van der Waals surface area contributed by atoms with Crippen molar-refractivity contribution in [1.29, 1.82) is 0 Å². The number of fused-ring (bicyclic) bond motifs is 1. The number of hydrogen-bond acceptors (Lipinski definition) is 2. The Morgan fingerprint density at radius 3 is 2.56 bits per heavy atom. The van der Waals surface area contributed by atoms with Gasteiger partial charge in [0.15, 0.2) is 11.5 Å². The van der Waals surface area contributed by atoms with Crippen LogP contribution in [0.25, 0.3) is 0 Å². The minimum Gasteiger partial charge on any atom is -0.486 e. The normalized spacial score (nSPS) is 15.4. The fourth-order valence-corrected chi connectivity index (χ4v) is 2.57. The minimum atomic E-state index is 0.667. The van der Waals surface area contributed by atoms with Crippen LogP contribution in [0, 0.1) is 5.92 Å². The van der Waals surface area contributed by atoms with E-state index in [9.17, 15) is 0 Å². The third kappa shape index (κ3) is 3.41. The minimum absolute atomic E-state index is 0.667. The third-order valence-electron chi connectivity index (χ3n) is 3.72. The molecule has 0 spiro atoms. The van der Waals surface area contributed by atoms with Crippen LogP contribution in [0.4, 0.5) is 0 Å². The number of benzene rings is 1. The van der Waals surface area contributed by atoms with Crippen molar-refractivity contribution in [2.24, 2.45) is 5.92 Å². The number of aryl methyl sites for hydroxylation is 1. The maximum Gasteiger partial charge on any atom is 0.161 e. The first-order valence-corrected chi connectivity index (χ1v) is 7.22. The van der Waals surface area contributed by atoms with E-state index in [1.54, 1.807) is 0 Å². The van der Waals surface area contributed by atoms with Crippen molar-refractivity contribution in [3.05, 3.63) is 23.8 Å². The summed E-state index contributed by atoms with van der Waals surface area (Å²) in [5.41, 5.74) is 1.37. The molecule has 0 aliphatic carbocycles. The summed E-state index contributed by atoms with van der Waals surface area (Å²) in [6.07, 6.45) is 6.36. The fourth-order valence-electron chi connectivity index (χ4n) is 2.57. The molecule has 1 unspecified atom stereocenters. The zero-order valence-corrected chi connectivity index (χ0v) is 11.6. The van der Waals surface area contributed by atoms with Gasteiger partial charge in [-0.15, -0.1) is 0 Å². The van der Waals surface area contributed by atoms with Gasteiger partial charge in [-0.25, -0.2) is 0 Å². The van der Waals surface area contributed by atoms with Gasteiger partial charge in [0.05, 0.1) is 0 Å². The summed E-state index contributed by atoms with van der Waals surface area (Å²) >= 11 is 0. The second-order valence-corrected chi connectivity index (χ2v) is 5.08. The lowest BCUT2D eigenvalue weighted by Gasteiger charge is -2.19. The predicted molar refractivity (Wildman–Crippen MR) is 74.4 cm³/mol. The van der Waals surface area contributed by atoms with E-state index >= 15 is 0 Å². The molecule has 2 rings (SSSR count). The Labute approximate surface area is 110 Å². The molecule has 1 aliphatic heterocycles. The summed E-state index contributed by atoms with van der Waals surface area (Å²) in [4.78, 5) is 0. The molecule has 0 N–H and O–H groups in total. The molecule has 1 heterocycles. The monoisotopic (exact) mass is 248 g/mol. The highest BCUT2D eigenvalue weighted by Gasteiger charge is 2.12. The molecule has 0 bridgehead atoms. The van der Waals surface area contributed by atoms with Gasteiger partial charge in [-0.3, -0.25) is 0 Å². The van der Waals surface area contributed by atoms with Crippen LogP contribution in [0.2, 0.25) is 0 Å². The topological polar surface area (TPSA) is 18.5 Å². The lowest BCUT2D eigenvalue weighted by molar-refractivity contribution is 0.171. The van der Waals surface area contributed by atoms with Crippen molar-refractivity contribution < 1.29 is 9.47 Å². The van der Waals surface area contributed by atoms with E-state index in [0.29, 0.717) is 13.2 Å². The molecule has 0 saturated carbocycles. The van der Waals surface area contributed by atoms with Crippen LogP contribution in [-0.2, 0) is 6.42 Å². The first-order chi connectivity index (χ1) is 8.83. The van der Waals surface area contributed by atoms with Gasteiger partial charge >= 0.3 is 0 Å². The Morgan fingerprint density at radius 2 is 1.83 bits per heavy atom. The maximum absolute atomic E-state index is 5.62. The zero-order chi connectivity index (χ0) is 12.8. The average molecular weight is 248 g/mol. The van der Waals surface area contributed by atoms with E-state index in [4.69, 9.17) is 9.47 Å². The van der Waals surface area contributed by atoms with E-state index in [1.807, 2.05) is 6.07 Å². The van der Waals surface area contributed by atoms with Gasteiger partial charge in [0.1, 0.15) is 13.2 Å². The highest BCUT2D eigenvalue weighted by atomic mass is 16.6. The Bertz CT molecular complexity index is 373. The van der Waals surface area contributed by atoms with Crippen molar-refractivity contribution in [2.75, 3.05) is 13.2 Å². The molecule has 1 aliphatic rings. The molecular formula is C16H24O2. The first kappa shape index (κ1) is 13.3. The Morgan fingerprint density at radius 1 is 1.06 bits per heavy atom. The number of hydrogen-bond donors (Lipinski definition) is 0. The van der Waals surface area contributed by atoms with Crippen LogP contribution in [-0.4, -0.2) is 13.2 Å². The van der Waals surface area contributed by atoms with Gasteiger partial charge < -0.3 is 9.47 Å². The zero-order valence-electron chi connectivity index (χ0n) is 11.6. The second kappa shape index (κ2) is 6.67. The Balaban J connectivity index is 1.93. The largest absolute Gasteiger partial charge is 0.486 e. The molecular weight excluding hydrogens is 224 g/mol. The first-order valence-electron chi connectivity index (χ1n) is 7.22. The van der Waals surface area contributed by atoms with E-state index in [2.05, 4.69) is 26.0 Å². The third-order valence-corrected chi connectivity index (χ3v) is 3.72. The lowest BCUT2D eigenvalue weighted by atomic mass is 9.93. The molecule has 100 valence electrons. The summed E-state index contributed by atoms with van der Waals surface area (Å²) in [5, 5.41) is 0. The van der Waals surface area contributed by atoms with Crippen LogP contribution in [0.3, 0.4) is 0 Å². The number of rotatable bonds is 6. The summed E-state index contributed by atoms with van der Waals surface area (Å²) in [7, 11) is 0. The molecule has 0 amide bonds. The van der Waals surface area contributed by atoms with Crippen LogP contribution < -0.4 is 9.47 Å². The molecule has 18 heavy (non-hydrogen) atoms. The molecule has 2 heteroatoms. The smallest absolute Gasteiger partial charge is 0.161 e. The predicted octanol–water partition coefficient (Wildman–Crippen LogP) is 4.22. The molecule has 0 saturated heterocycles. The lowest BCUT2D eigenvalue weighted by Crippen LogP contribution is -2.15. The molecule has 1 aromatic carbocycles. The van der Waals surface area contributed by atoms with Gasteiger partial charge in [-0.05, 0) is 36.5 Å². The SMILES string of the molecule is CCCC(CC)CCc1ccc2c(c1)OCCO2. The molecule has 1 aromatic rings. The van der Waals surface area contributed by atoms with E-state index in [-0.39, 0.29) is 0 Å². The van der Waals surface area contributed by atoms with Gasteiger partial charge in [-0.2, -0.15) is 0 Å². The van der Waals surface area contributed by atoms with Crippen molar-refractivity contribution in [1.82, 2.24) is 0 Å². The summed E-state index contributed by atoms with van der Waals surface area (Å²) < 4.78 is 11.2. The van der Waals surface area contributed by atoms with Crippen LogP contribution in [0.1, 0.15) is 45.1 Å². The number of ether oxygens (including phenoxy) is 2. The standard InChI is InChI=1S/C16H24O2/c1-3-5-13(4-2)6-7-14-8-9-15-16(12-14)18-11-10-17-15/h8-9,12-13H,3-7,10-11H2,1-2H3. The summed E-state index contributed by atoms with van der Waals surface area (Å²) in [6, 6.07) is 6.37.